The lowest BCUT2D eigenvalue weighted by Gasteiger charge is -2.45. The Morgan fingerprint density at radius 1 is 0.893 bits per heavy atom. The lowest BCUT2D eigenvalue weighted by atomic mass is 9.78. The van der Waals surface area contributed by atoms with E-state index in [4.69, 9.17) is 0 Å². The highest BCUT2D eigenvalue weighted by Gasteiger charge is 2.36. The fourth-order valence-corrected chi connectivity index (χ4v) is 5.10. The molecule has 2 amide bonds. The van der Waals surface area contributed by atoms with E-state index in [2.05, 4.69) is 9.80 Å². The van der Waals surface area contributed by atoms with Crippen molar-refractivity contribution in [2.75, 3.05) is 39.3 Å². The first-order valence-electron chi connectivity index (χ1n) is 10.7. The van der Waals surface area contributed by atoms with Crippen molar-refractivity contribution in [3.8, 4) is 0 Å². The number of benzene rings is 1. The van der Waals surface area contributed by atoms with Gasteiger partial charge in [-0.2, -0.15) is 0 Å². The first kappa shape index (κ1) is 19.4. The number of carbonyl (C=O) groups is 2. The fourth-order valence-electron chi connectivity index (χ4n) is 5.10. The van der Waals surface area contributed by atoms with Crippen LogP contribution in [0.4, 0.5) is 4.39 Å². The average Bonchev–Trinajstić information content (AvgIpc) is 2.74. The molecule has 3 aliphatic rings. The molecule has 5 nitrogen and oxygen atoms in total. The molecule has 1 aromatic carbocycles. The molecule has 2 saturated heterocycles. The van der Waals surface area contributed by atoms with Gasteiger partial charge in [0.1, 0.15) is 5.82 Å². The van der Waals surface area contributed by atoms with Gasteiger partial charge in [0.25, 0.3) is 5.91 Å². The van der Waals surface area contributed by atoms with E-state index < -0.39 is 0 Å². The van der Waals surface area contributed by atoms with Crippen LogP contribution < -0.4 is 0 Å². The number of halogens is 1. The monoisotopic (exact) mass is 387 g/mol. The smallest absolute Gasteiger partial charge is 0.253 e. The number of piperidine rings is 1. The predicted molar refractivity (Wildman–Crippen MR) is 105 cm³/mol. The zero-order chi connectivity index (χ0) is 19.5. The van der Waals surface area contributed by atoms with Gasteiger partial charge < -0.3 is 9.80 Å². The van der Waals surface area contributed by atoms with E-state index in [1.54, 1.807) is 4.90 Å². The lowest BCUT2D eigenvalue weighted by molar-refractivity contribution is -0.139. The maximum Gasteiger partial charge on any atom is 0.253 e. The number of amides is 2. The first-order valence-corrected chi connectivity index (χ1v) is 10.7. The molecule has 2 unspecified atom stereocenters. The van der Waals surface area contributed by atoms with E-state index in [9.17, 15) is 14.0 Å². The van der Waals surface area contributed by atoms with Crippen LogP contribution in [-0.4, -0.2) is 71.8 Å². The molecule has 0 aromatic heterocycles. The third-order valence-electron chi connectivity index (χ3n) is 6.67. The molecule has 0 N–H and O–H groups in total. The van der Waals surface area contributed by atoms with E-state index >= 15 is 0 Å². The Balaban J connectivity index is 1.28. The van der Waals surface area contributed by atoms with Crippen molar-refractivity contribution in [1.82, 2.24) is 14.7 Å². The molecular weight excluding hydrogens is 357 g/mol. The van der Waals surface area contributed by atoms with Crippen molar-refractivity contribution in [1.29, 1.82) is 0 Å². The van der Waals surface area contributed by atoms with Crippen LogP contribution in [0.2, 0.25) is 0 Å². The van der Waals surface area contributed by atoms with Crippen molar-refractivity contribution in [2.24, 2.45) is 5.92 Å². The van der Waals surface area contributed by atoms with E-state index in [1.165, 1.54) is 49.9 Å². The Kier molecular flexibility index (Phi) is 5.95. The molecule has 2 atom stereocenters. The van der Waals surface area contributed by atoms with Crippen LogP contribution in [0.25, 0.3) is 0 Å². The number of nitrogens with zero attached hydrogens (tertiary/aromatic N) is 3. The summed E-state index contributed by atoms with van der Waals surface area (Å²) in [7, 11) is 0. The fraction of sp³-hybridized carbons (Fsp3) is 0.636. The minimum absolute atomic E-state index is 0.0629. The number of hydrogen-bond acceptors (Lipinski definition) is 3. The summed E-state index contributed by atoms with van der Waals surface area (Å²) in [5.74, 6) is 0.566. The van der Waals surface area contributed by atoms with Gasteiger partial charge in [-0.1, -0.05) is 12.8 Å². The topological polar surface area (TPSA) is 43.9 Å². The zero-order valence-electron chi connectivity index (χ0n) is 16.5. The van der Waals surface area contributed by atoms with Gasteiger partial charge >= 0.3 is 0 Å². The summed E-state index contributed by atoms with van der Waals surface area (Å²) in [5, 5.41) is 0. The molecule has 2 heterocycles. The number of rotatable bonds is 3. The standard InChI is InChI=1S/C22H30FN3O2/c23-19-9-7-18(8-10-19)22(28)25-14-12-24(13-15-25)16-21(27)26-11-3-5-17-4-1-2-6-20(17)26/h7-10,17,20H,1-6,11-16H2. The van der Waals surface area contributed by atoms with E-state index in [0.29, 0.717) is 50.2 Å². The lowest BCUT2D eigenvalue weighted by Crippen LogP contribution is -2.55. The van der Waals surface area contributed by atoms with Gasteiger partial charge in [0, 0.05) is 44.3 Å². The van der Waals surface area contributed by atoms with Crippen LogP contribution in [-0.2, 0) is 4.79 Å². The van der Waals surface area contributed by atoms with Gasteiger partial charge in [-0.25, -0.2) is 4.39 Å². The zero-order valence-corrected chi connectivity index (χ0v) is 16.5. The minimum Gasteiger partial charge on any atom is -0.338 e. The SMILES string of the molecule is O=C(c1ccc(F)cc1)N1CCN(CC(=O)N2CCCC3CCCCC32)CC1. The first-order chi connectivity index (χ1) is 13.6. The van der Waals surface area contributed by atoms with Crippen LogP contribution in [0.15, 0.2) is 24.3 Å². The summed E-state index contributed by atoms with van der Waals surface area (Å²) in [6, 6.07) is 6.16. The Hall–Kier alpha value is -1.95. The van der Waals surface area contributed by atoms with E-state index in [0.717, 1.165) is 19.4 Å². The summed E-state index contributed by atoms with van der Waals surface area (Å²) in [6.07, 6.45) is 7.41. The second kappa shape index (κ2) is 8.60. The Labute approximate surface area is 166 Å². The third-order valence-corrected chi connectivity index (χ3v) is 6.67. The van der Waals surface area contributed by atoms with Gasteiger partial charge in [0.15, 0.2) is 0 Å². The van der Waals surface area contributed by atoms with Crippen LogP contribution in [0.1, 0.15) is 48.9 Å². The number of carbonyl (C=O) groups excluding carboxylic acids is 2. The van der Waals surface area contributed by atoms with Crippen molar-refractivity contribution in [2.45, 2.75) is 44.6 Å². The Morgan fingerprint density at radius 2 is 1.57 bits per heavy atom. The molecule has 28 heavy (non-hydrogen) atoms. The van der Waals surface area contributed by atoms with Gasteiger partial charge in [0.2, 0.25) is 5.91 Å². The molecular formula is C22H30FN3O2. The maximum absolute atomic E-state index is 13.1. The molecule has 0 bridgehead atoms. The van der Waals surface area contributed by atoms with E-state index in [1.807, 2.05) is 0 Å². The van der Waals surface area contributed by atoms with Crippen LogP contribution >= 0.6 is 0 Å². The highest BCUT2D eigenvalue weighted by molar-refractivity contribution is 5.94. The maximum atomic E-state index is 13.1. The normalized spacial score (nSPS) is 26.0. The molecule has 6 heteroatoms. The second-order valence-electron chi connectivity index (χ2n) is 8.42. The molecule has 0 spiro atoms. The van der Waals surface area contributed by atoms with Crippen molar-refractivity contribution in [3.63, 3.8) is 0 Å². The van der Waals surface area contributed by atoms with Crippen LogP contribution in [0, 0.1) is 11.7 Å². The molecule has 4 rings (SSSR count). The van der Waals surface area contributed by atoms with Gasteiger partial charge in [-0.05, 0) is 55.9 Å². The molecule has 1 aromatic rings. The highest BCUT2D eigenvalue weighted by atomic mass is 19.1. The number of likely N-dealkylation sites (tertiary alicyclic amines) is 1. The minimum atomic E-state index is -0.335. The molecule has 0 radical (unpaired) electrons. The van der Waals surface area contributed by atoms with Crippen LogP contribution in [0.3, 0.4) is 0 Å². The van der Waals surface area contributed by atoms with Crippen molar-refractivity contribution in [3.05, 3.63) is 35.6 Å². The van der Waals surface area contributed by atoms with E-state index in [-0.39, 0.29) is 17.6 Å². The van der Waals surface area contributed by atoms with Crippen LogP contribution in [0.5, 0.6) is 0 Å². The Bertz CT molecular complexity index is 698. The number of hydrogen-bond donors (Lipinski definition) is 0. The summed E-state index contributed by atoms with van der Waals surface area (Å²) in [5.41, 5.74) is 0.516. The van der Waals surface area contributed by atoms with Gasteiger partial charge in [-0.15, -0.1) is 0 Å². The van der Waals surface area contributed by atoms with Crippen molar-refractivity contribution < 1.29 is 14.0 Å². The van der Waals surface area contributed by atoms with Gasteiger partial charge in [-0.3, -0.25) is 14.5 Å². The molecule has 2 aliphatic heterocycles. The molecule has 3 fully saturated rings. The summed E-state index contributed by atoms with van der Waals surface area (Å²) >= 11 is 0. The predicted octanol–water partition coefficient (Wildman–Crippen LogP) is 2.76. The number of fused-ring (bicyclic) bond motifs is 1. The molecule has 152 valence electrons. The average molecular weight is 387 g/mol. The molecule has 1 saturated carbocycles. The van der Waals surface area contributed by atoms with Crippen molar-refractivity contribution >= 4 is 11.8 Å². The van der Waals surface area contributed by atoms with Gasteiger partial charge in [0.05, 0.1) is 6.54 Å². The third kappa shape index (κ3) is 4.22. The quantitative estimate of drug-likeness (QED) is 0.801. The number of piperazine rings is 1. The molecule has 1 aliphatic carbocycles. The second-order valence-corrected chi connectivity index (χ2v) is 8.42. The highest BCUT2D eigenvalue weighted by Crippen LogP contribution is 2.35. The summed E-state index contributed by atoms with van der Waals surface area (Å²) in [4.78, 5) is 31.6. The Morgan fingerprint density at radius 3 is 2.32 bits per heavy atom. The summed E-state index contributed by atoms with van der Waals surface area (Å²) < 4.78 is 13.1. The largest absolute Gasteiger partial charge is 0.338 e. The summed E-state index contributed by atoms with van der Waals surface area (Å²) in [6.45, 7) is 4.00.